The highest BCUT2D eigenvalue weighted by Gasteiger charge is 2.50. The van der Waals surface area contributed by atoms with E-state index in [-0.39, 0.29) is 6.61 Å². The molecular weight excluding hydrogens is 306 g/mol. The van der Waals surface area contributed by atoms with Gasteiger partial charge in [-0.25, -0.2) is 9.59 Å². The largest absolute Gasteiger partial charge is 0.464 e. The second-order valence-electron chi connectivity index (χ2n) is 6.71. The van der Waals surface area contributed by atoms with Crippen molar-refractivity contribution in [3.05, 3.63) is 0 Å². The maximum absolute atomic E-state index is 12.0. The molecule has 0 aromatic carbocycles. The molecule has 2 N–H and O–H groups in total. The van der Waals surface area contributed by atoms with E-state index in [1.54, 1.807) is 41.5 Å². The first-order valence-corrected chi connectivity index (χ1v) is 7.61. The molecule has 8 nitrogen and oxygen atoms in total. The molecule has 1 aliphatic rings. The van der Waals surface area contributed by atoms with Crippen LogP contribution in [0.5, 0.6) is 0 Å². The first-order chi connectivity index (χ1) is 10.5. The fraction of sp³-hybridized carbons (Fsp3) is 0.867. The third-order valence-corrected chi connectivity index (χ3v) is 2.94. The average Bonchev–Trinajstić information content (AvgIpc) is 2.70. The standard InChI is InChI=1S/C15H27NO7/c1-7-20-12(18)11-10(21-15(5,6)22-11)9(8-17)16-13(19)23-14(2,3)4/h9-11,17H,7-8H2,1-6H3,(H,16,19)/t9-,10+,11+/m0/s1. The van der Waals surface area contributed by atoms with Gasteiger partial charge in [0.2, 0.25) is 0 Å². The number of rotatable bonds is 5. The molecule has 1 saturated heterocycles. The summed E-state index contributed by atoms with van der Waals surface area (Å²) < 4.78 is 21.3. The molecule has 0 saturated carbocycles. The summed E-state index contributed by atoms with van der Waals surface area (Å²) in [6.45, 7) is 9.87. The SMILES string of the molecule is CCOC(=O)[C@@H]1OC(C)(C)O[C@@H]1[C@H](CO)NC(=O)OC(C)(C)C. The molecule has 1 heterocycles. The van der Waals surface area contributed by atoms with E-state index in [0.717, 1.165) is 0 Å². The van der Waals surface area contributed by atoms with E-state index in [0.29, 0.717) is 0 Å². The smallest absolute Gasteiger partial charge is 0.408 e. The van der Waals surface area contributed by atoms with Crippen LogP contribution in [-0.2, 0) is 23.7 Å². The maximum Gasteiger partial charge on any atom is 0.408 e. The van der Waals surface area contributed by atoms with Gasteiger partial charge in [-0.2, -0.15) is 0 Å². The fourth-order valence-electron chi connectivity index (χ4n) is 2.18. The van der Waals surface area contributed by atoms with Crippen molar-refractivity contribution in [3.8, 4) is 0 Å². The molecular formula is C15H27NO7. The molecule has 0 radical (unpaired) electrons. The molecule has 0 bridgehead atoms. The molecule has 134 valence electrons. The van der Waals surface area contributed by atoms with Gasteiger partial charge in [-0.1, -0.05) is 0 Å². The molecule has 0 aromatic heterocycles. The molecule has 0 aliphatic carbocycles. The minimum absolute atomic E-state index is 0.190. The van der Waals surface area contributed by atoms with Crippen LogP contribution in [-0.4, -0.2) is 60.0 Å². The summed E-state index contributed by atoms with van der Waals surface area (Å²) in [4.78, 5) is 23.9. The Morgan fingerprint density at radius 2 is 1.91 bits per heavy atom. The number of nitrogens with one attached hydrogen (secondary N) is 1. The molecule has 0 aromatic rings. The van der Waals surface area contributed by atoms with Gasteiger partial charge < -0.3 is 29.4 Å². The second kappa shape index (κ2) is 7.46. The van der Waals surface area contributed by atoms with Gasteiger partial charge in [-0.3, -0.25) is 0 Å². The van der Waals surface area contributed by atoms with Crippen molar-refractivity contribution >= 4 is 12.1 Å². The summed E-state index contributed by atoms with van der Waals surface area (Å²) in [7, 11) is 0. The normalized spacial score (nSPS) is 24.8. The van der Waals surface area contributed by atoms with Crippen LogP contribution in [0.1, 0.15) is 41.5 Å². The highest BCUT2D eigenvalue weighted by molar-refractivity contribution is 5.76. The fourth-order valence-corrected chi connectivity index (χ4v) is 2.18. The Labute approximate surface area is 136 Å². The van der Waals surface area contributed by atoms with Gasteiger partial charge >= 0.3 is 12.1 Å². The maximum atomic E-state index is 12.0. The Hall–Kier alpha value is -1.38. The van der Waals surface area contributed by atoms with Crippen molar-refractivity contribution in [2.45, 2.75) is 71.2 Å². The van der Waals surface area contributed by atoms with Crippen molar-refractivity contribution in [2.75, 3.05) is 13.2 Å². The molecule has 0 unspecified atom stereocenters. The van der Waals surface area contributed by atoms with Crippen molar-refractivity contribution in [2.24, 2.45) is 0 Å². The number of aliphatic hydroxyl groups excluding tert-OH is 1. The number of alkyl carbamates (subject to hydrolysis) is 1. The number of amides is 1. The van der Waals surface area contributed by atoms with Crippen LogP contribution in [0.4, 0.5) is 4.79 Å². The predicted octanol–water partition coefficient (Wildman–Crippen LogP) is 0.955. The summed E-state index contributed by atoms with van der Waals surface area (Å²) in [5.41, 5.74) is -0.684. The summed E-state index contributed by atoms with van der Waals surface area (Å²) in [6, 6.07) is -0.874. The minimum atomic E-state index is -1.04. The number of hydrogen-bond acceptors (Lipinski definition) is 7. The zero-order chi connectivity index (χ0) is 17.8. The molecule has 8 heteroatoms. The van der Waals surface area contributed by atoms with E-state index in [4.69, 9.17) is 18.9 Å². The van der Waals surface area contributed by atoms with Gasteiger partial charge in [0.05, 0.1) is 19.3 Å². The summed E-state index contributed by atoms with van der Waals surface area (Å²) in [5.74, 6) is -1.64. The van der Waals surface area contributed by atoms with Crippen molar-refractivity contribution < 1.29 is 33.6 Å². The van der Waals surface area contributed by atoms with Crippen LogP contribution >= 0.6 is 0 Å². The van der Waals surface area contributed by atoms with E-state index < -0.39 is 48.3 Å². The van der Waals surface area contributed by atoms with Gasteiger partial charge in [-0.15, -0.1) is 0 Å². The summed E-state index contributed by atoms with van der Waals surface area (Å²) in [5, 5.41) is 12.1. The third-order valence-electron chi connectivity index (χ3n) is 2.94. The van der Waals surface area contributed by atoms with Crippen LogP contribution in [0.3, 0.4) is 0 Å². The molecule has 23 heavy (non-hydrogen) atoms. The Morgan fingerprint density at radius 1 is 1.30 bits per heavy atom. The first-order valence-electron chi connectivity index (χ1n) is 7.61. The van der Waals surface area contributed by atoms with Gasteiger partial charge in [-0.05, 0) is 41.5 Å². The second-order valence-corrected chi connectivity index (χ2v) is 6.71. The summed E-state index contributed by atoms with van der Waals surface area (Å²) in [6.07, 6.45) is -2.65. The Bertz CT molecular complexity index is 430. The first kappa shape index (κ1) is 19.7. The summed E-state index contributed by atoms with van der Waals surface area (Å²) >= 11 is 0. The molecule has 3 atom stereocenters. The Morgan fingerprint density at radius 3 is 2.39 bits per heavy atom. The van der Waals surface area contributed by atoms with Crippen LogP contribution in [0.2, 0.25) is 0 Å². The molecule has 0 spiro atoms. The number of carbonyl (C=O) groups is 2. The van der Waals surface area contributed by atoms with Crippen molar-refractivity contribution in [1.29, 1.82) is 0 Å². The number of esters is 1. The van der Waals surface area contributed by atoms with Crippen LogP contribution in [0.15, 0.2) is 0 Å². The van der Waals surface area contributed by atoms with E-state index in [1.165, 1.54) is 0 Å². The zero-order valence-corrected chi connectivity index (χ0v) is 14.5. The number of hydrogen-bond donors (Lipinski definition) is 2. The lowest BCUT2D eigenvalue weighted by Crippen LogP contribution is -2.52. The lowest BCUT2D eigenvalue weighted by molar-refractivity contribution is -0.170. The lowest BCUT2D eigenvalue weighted by Gasteiger charge is -2.27. The van der Waals surface area contributed by atoms with Gasteiger partial charge in [0.1, 0.15) is 11.7 Å². The van der Waals surface area contributed by atoms with Crippen LogP contribution in [0, 0.1) is 0 Å². The lowest BCUT2D eigenvalue weighted by atomic mass is 10.1. The highest BCUT2D eigenvalue weighted by Crippen LogP contribution is 2.30. The molecule has 1 rings (SSSR count). The van der Waals surface area contributed by atoms with Crippen molar-refractivity contribution in [3.63, 3.8) is 0 Å². The Balaban J connectivity index is 2.84. The average molecular weight is 333 g/mol. The van der Waals surface area contributed by atoms with Crippen LogP contribution in [0.25, 0.3) is 0 Å². The number of carbonyl (C=O) groups excluding carboxylic acids is 2. The number of aliphatic hydroxyl groups is 1. The van der Waals surface area contributed by atoms with E-state index in [1.807, 2.05) is 0 Å². The van der Waals surface area contributed by atoms with Crippen LogP contribution < -0.4 is 5.32 Å². The minimum Gasteiger partial charge on any atom is -0.464 e. The van der Waals surface area contributed by atoms with Crippen molar-refractivity contribution in [1.82, 2.24) is 5.32 Å². The van der Waals surface area contributed by atoms with Gasteiger partial charge in [0.15, 0.2) is 11.9 Å². The van der Waals surface area contributed by atoms with E-state index >= 15 is 0 Å². The van der Waals surface area contributed by atoms with E-state index in [2.05, 4.69) is 5.32 Å². The highest BCUT2D eigenvalue weighted by atomic mass is 16.8. The van der Waals surface area contributed by atoms with E-state index in [9.17, 15) is 14.7 Å². The monoisotopic (exact) mass is 333 g/mol. The zero-order valence-electron chi connectivity index (χ0n) is 14.5. The number of ether oxygens (including phenoxy) is 4. The molecule has 1 aliphatic heterocycles. The molecule has 1 fully saturated rings. The third kappa shape index (κ3) is 5.96. The topological polar surface area (TPSA) is 103 Å². The Kier molecular flexibility index (Phi) is 6.38. The van der Waals surface area contributed by atoms with Gasteiger partial charge in [0.25, 0.3) is 0 Å². The quantitative estimate of drug-likeness (QED) is 0.722. The molecule has 1 amide bonds. The predicted molar refractivity (Wildman–Crippen MR) is 80.7 cm³/mol. The van der Waals surface area contributed by atoms with Gasteiger partial charge in [0, 0.05) is 0 Å².